The number of nitrogens with zero attached hydrogens (tertiary/aromatic N) is 3. The third kappa shape index (κ3) is 3.36. The zero-order chi connectivity index (χ0) is 16.9. The molecular formula is C18H17BrN4O. The maximum Gasteiger partial charge on any atom is 0.292 e. The molecule has 122 valence electrons. The second kappa shape index (κ2) is 7.37. The first kappa shape index (κ1) is 16.3. The van der Waals surface area contributed by atoms with E-state index in [-0.39, 0.29) is 0 Å². The smallest absolute Gasteiger partial charge is 0.292 e. The maximum atomic E-state index is 8.59. The molecule has 0 atom stereocenters. The lowest BCUT2D eigenvalue weighted by atomic mass is 10.1. The van der Waals surface area contributed by atoms with Crippen molar-refractivity contribution in [1.82, 2.24) is 9.38 Å². The fraction of sp³-hybridized carbons (Fsp3) is 0.222. The third-order valence-electron chi connectivity index (χ3n) is 3.70. The number of aromatic nitrogens is 2. The van der Waals surface area contributed by atoms with Crippen molar-refractivity contribution in [3.8, 4) is 23.3 Å². The van der Waals surface area contributed by atoms with Crippen LogP contribution in [0.5, 0.6) is 5.75 Å². The number of hydrogen-bond donors (Lipinski definition) is 1. The number of nitrogens with one attached hydrogen (secondary N) is 1. The van der Waals surface area contributed by atoms with E-state index in [0.29, 0.717) is 5.75 Å². The number of rotatable bonds is 6. The van der Waals surface area contributed by atoms with E-state index in [4.69, 9.17) is 15.0 Å². The molecule has 1 aromatic carbocycles. The lowest BCUT2D eigenvalue weighted by molar-refractivity contribution is 0.507. The minimum Gasteiger partial charge on any atom is -0.388 e. The van der Waals surface area contributed by atoms with Crippen LogP contribution in [0.25, 0.3) is 16.9 Å². The van der Waals surface area contributed by atoms with Gasteiger partial charge in [0.05, 0.1) is 0 Å². The third-order valence-corrected chi connectivity index (χ3v) is 4.17. The Morgan fingerprint density at radius 3 is 2.75 bits per heavy atom. The first-order valence-electron chi connectivity index (χ1n) is 7.80. The van der Waals surface area contributed by atoms with Crippen molar-refractivity contribution < 1.29 is 4.74 Å². The van der Waals surface area contributed by atoms with Crippen LogP contribution in [0, 0.1) is 11.5 Å². The van der Waals surface area contributed by atoms with Crippen LogP contribution in [0.3, 0.4) is 0 Å². The predicted octanol–water partition coefficient (Wildman–Crippen LogP) is 4.84. The predicted molar refractivity (Wildman–Crippen MR) is 98.0 cm³/mol. The van der Waals surface area contributed by atoms with Crippen LogP contribution in [0.4, 0.5) is 5.82 Å². The first-order valence-corrected chi connectivity index (χ1v) is 8.60. The molecule has 0 aliphatic heterocycles. The zero-order valence-corrected chi connectivity index (χ0v) is 14.9. The van der Waals surface area contributed by atoms with Crippen LogP contribution in [0.15, 0.2) is 47.1 Å². The summed E-state index contributed by atoms with van der Waals surface area (Å²) < 4.78 is 7.89. The zero-order valence-electron chi connectivity index (χ0n) is 13.3. The van der Waals surface area contributed by atoms with Gasteiger partial charge in [-0.3, -0.25) is 4.40 Å². The normalized spacial score (nSPS) is 10.5. The molecule has 0 fully saturated rings. The van der Waals surface area contributed by atoms with E-state index in [2.05, 4.69) is 32.6 Å². The Labute approximate surface area is 149 Å². The molecule has 0 unspecified atom stereocenters. The van der Waals surface area contributed by atoms with Crippen LogP contribution >= 0.6 is 15.9 Å². The highest BCUT2D eigenvalue weighted by Gasteiger charge is 2.14. The Balaban J connectivity index is 2.05. The Kier molecular flexibility index (Phi) is 5.02. The second-order valence-electron chi connectivity index (χ2n) is 5.38. The molecule has 3 aromatic rings. The summed E-state index contributed by atoms with van der Waals surface area (Å²) in [6.45, 7) is 3.06. The Morgan fingerprint density at radius 1 is 1.25 bits per heavy atom. The molecule has 0 spiro atoms. The van der Waals surface area contributed by atoms with Crippen LogP contribution in [0.1, 0.15) is 19.8 Å². The minimum atomic E-state index is 0.522. The quantitative estimate of drug-likeness (QED) is 0.487. The van der Waals surface area contributed by atoms with E-state index in [9.17, 15) is 0 Å². The molecule has 1 N–H and O–H groups in total. The Bertz CT molecular complexity index is 880. The average Bonchev–Trinajstić information content (AvgIpc) is 2.94. The fourth-order valence-corrected chi connectivity index (χ4v) is 2.84. The number of imidazole rings is 1. The van der Waals surface area contributed by atoms with Gasteiger partial charge < -0.3 is 10.1 Å². The fourth-order valence-electron chi connectivity index (χ4n) is 2.51. The van der Waals surface area contributed by atoms with Gasteiger partial charge in [-0.2, -0.15) is 0 Å². The van der Waals surface area contributed by atoms with E-state index in [1.165, 1.54) is 0 Å². The highest BCUT2D eigenvalue weighted by Crippen LogP contribution is 2.31. The molecule has 24 heavy (non-hydrogen) atoms. The van der Waals surface area contributed by atoms with Crippen molar-refractivity contribution in [3.63, 3.8) is 0 Å². The molecule has 5 nitrogen and oxygen atoms in total. The molecule has 2 heterocycles. The molecule has 2 aromatic heterocycles. The number of hydrogen-bond acceptors (Lipinski definition) is 4. The SMILES string of the molecule is CCCCNc1c(-c2ccc(OC#N)cc2)nc2ccc(Br)cn12. The largest absolute Gasteiger partial charge is 0.388 e. The van der Waals surface area contributed by atoms with Crippen molar-refractivity contribution in [2.45, 2.75) is 19.8 Å². The van der Waals surface area contributed by atoms with Gasteiger partial charge in [-0.25, -0.2) is 4.98 Å². The first-order chi connectivity index (χ1) is 11.7. The number of nitriles is 1. The molecule has 3 rings (SSSR count). The lowest BCUT2D eigenvalue weighted by Crippen LogP contribution is -2.04. The molecule has 0 bridgehead atoms. The molecular weight excluding hydrogens is 368 g/mol. The molecule has 0 radical (unpaired) electrons. The lowest BCUT2D eigenvalue weighted by Gasteiger charge is -2.08. The Morgan fingerprint density at radius 2 is 2.04 bits per heavy atom. The van der Waals surface area contributed by atoms with Gasteiger partial charge in [0.2, 0.25) is 0 Å². The number of ether oxygens (including phenoxy) is 1. The van der Waals surface area contributed by atoms with E-state index in [1.54, 1.807) is 18.4 Å². The van der Waals surface area contributed by atoms with Gasteiger partial charge in [0.15, 0.2) is 0 Å². The van der Waals surface area contributed by atoms with E-state index in [1.807, 2.05) is 30.5 Å². The molecule has 0 saturated carbocycles. The summed E-state index contributed by atoms with van der Waals surface area (Å²) in [5, 5.41) is 12.1. The topological polar surface area (TPSA) is 62.3 Å². The number of unbranched alkanes of at least 4 members (excludes halogenated alkanes) is 1. The van der Waals surface area contributed by atoms with Gasteiger partial charge in [0.1, 0.15) is 22.9 Å². The molecule has 0 aliphatic carbocycles. The summed E-state index contributed by atoms with van der Waals surface area (Å²) in [5.41, 5.74) is 2.73. The van der Waals surface area contributed by atoms with Gasteiger partial charge >= 0.3 is 0 Å². The summed E-state index contributed by atoms with van der Waals surface area (Å²) in [6.07, 6.45) is 5.91. The van der Waals surface area contributed by atoms with Crippen molar-refractivity contribution in [3.05, 3.63) is 47.1 Å². The van der Waals surface area contributed by atoms with E-state index >= 15 is 0 Å². The van der Waals surface area contributed by atoms with Gasteiger partial charge in [-0.1, -0.05) is 13.3 Å². The summed E-state index contributed by atoms with van der Waals surface area (Å²) in [4.78, 5) is 4.75. The van der Waals surface area contributed by atoms with Crippen LogP contribution in [0.2, 0.25) is 0 Å². The summed E-state index contributed by atoms with van der Waals surface area (Å²) in [5.74, 6) is 1.49. The monoisotopic (exact) mass is 384 g/mol. The summed E-state index contributed by atoms with van der Waals surface area (Å²) >= 11 is 3.52. The molecule has 6 heteroatoms. The van der Waals surface area contributed by atoms with E-state index < -0.39 is 0 Å². The molecule has 0 aliphatic rings. The van der Waals surface area contributed by atoms with Gasteiger partial charge in [0.25, 0.3) is 6.26 Å². The van der Waals surface area contributed by atoms with Gasteiger partial charge in [-0.05, 0) is 58.7 Å². The number of halogens is 1. The summed E-state index contributed by atoms with van der Waals surface area (Å²) in [7, 11) is 0. The molecule has 0 amide bonds. The van der Waals surface area contributed by atoms with Crippen molar-refractivity contribution in [2.24, 2.45) is 0 Å². The van der Waals surface area contributed by atoms with Crippen molar-refractivity contribution in [1.29, 1.82) is 5.26 Å². The number of anilines is 1. The van der Waals surface area contributed by atoms with E-state index in [0.717, 1.165) is 46.6 Å². The van der Waals surface area contributed by atoms with Gasteiger partial charge in [-0.15, -0.1) is 5.26 Å². The van der Waals surface area contributed by atoms with Crippen LogP contribution in [-0.2, 0) is 0 Å². The van der Waals surface area contributed by atoms with Crippen LogP contribution in [-0.4, -0.2) is 15.9 Å². The number of fused-ring (bicyclic) bond motifs is 1. The Hall–Kier alpha value is -2.52. The maximum absolute atomic E-state index is 8.59. The number of benzene rings is 1. The number of pyridine rings is 1. The minimum absolute atomic E-state index is 0.522. The van der Waals surface area contributed by atoms with Crippen molar-refractivity contribution >= 4 is 27.4 Å². The summed E-state index contributed by atoms with van der Waals surface area (Å²) in [6, 6.07) is 11.3. The highest BCUT2D eigenvalue weighted by molar-refractivity contribution is 9.10. The standard InChI is InChI=1S/C18H17BrN4O/c1-2-3-10-21-18-17(13-4-7-15(8-5-13)24-12-20)22-16-9-6-14(19)11-23(16)18/h4-9,11,21H,2-3,10H2,1H3. The average molecular weight is 385 g/mol. The van der Waals surface area contributed by atoms with Crippen LogP contribution < -0.4 is 10.1 Å². The second-order valence-corrected chi connectivity index (χ2v) is 6.30. The highest BCUT2D eigenvalue weighted by atomic mass is 79.9. The molecule has 0 saturated heterocycles. The van der Waals surface area contributed by atoms with Gasteiger partial charge in [0, 0.05) is 22.8 Å². The van der Waals surface area contributed by atoms with Crippen molar-refractivity contribution in [2.75, 3.05) is 11.9 Å².